The van der Waals surface area contributed by atoms with Crippen molar-refractivity contribution in [1.29, 1.82) is 0 Å². The minimum atomic E-state index is -4.91. The van der Waals surface area contributed by atoms with Gasteiger partial charge in [-0.1, -0.05) is 14.0 Å². The number of rotatable bonds is 1. The molecule has 3 rings (SSSR count). The van der Waals surface area contributed by atoms with Crippen LogP contribution in [0.3, 0.4) is 0 Å². The molecule has 0 radical (unpaired) electrons. The van der Waals surface area contributed by atoms with E-state index in [2.05, 4.69) is 33.7 Å². The smallest absolute Gasteiger partial charge is 0.375 e. The maximum atomic E-state index is 12.1. The largest absolute Gasteiger partial charge is 0.584 e. The Labute approximate surface area is 126 Å². The van der Waals surface area contributed by atoms with E-state index >= 15 is 0 Å². The highest BCUT2D eigenvalue weighted by Crippen LogP contribution is 2.52. The summed E-state index contributed by atoms with van der Waals surface area (Å²) in [4.78, 5) is 51.9. The first-order chi connectivity index (χ1) is 10.8. The molecule has 1 aromatic heterocycles. The van der Waals surface area contributed by atoms with E-state index in [1.54, 1.807) is 0 Å². The molecule has 0 spiro atoms. The molecule has 0 aliphatic carbocycles. The molecule has 0 saturated carbocycles. The number of phosphoric acid groups is 1. The number of carbonyl (C=O) groups excluding carboxylic acids is 3. The van der Waals surface area contributed by atoms with E-state index in [4.69, 9.17) is 0 Å². The van der Waals surface area contributed by atoms with Gasteiger partial charge in [-0.3, -0.25) is 14.7 Å². The molecule has 2 saturated heterocycles. The Hall–Kier alpha value is -2.31. The van der Waals surface area contributed by atoms with E-state index in [0.717, 1.165) is 10.9 Å². The molecule has 1 aromatic rings. The lowest BCUT2D eigenvalue weighted by molar-refractivity contribution is -0.292. The summed E-state index contributed by atoms with van der Waals surface area (Å²) in [7, 11) is -4.91. The van der Waals surface area contributed by atoms with Crippen molar-refractivity contribution < 1.29 is 52.7 Å². The fourth-order valence-corrected chi connectivity index (χ4v) is 2.49. The molecule has 3 atom stereocenters. The van der Waals surface area contributed by atoms with Crippen molar-refractivity contribution in [3.8, 4) is 0 Å². The predicted molar refractivity (Wildman–Crippen MR) is 60.0 cm³/mol. The summed E-state index contributed by atoms with van der Waals surface area (Å²) in [5.74, 6) is -4.37. The second-order valence-electron chi connectivity index (χ2n) is 4.41. The lowest BCUT2D eigenvalue weighted by Crippen LogP contribution is -2.52. The van der Waals surface area contributed by atoms with Crippen molar-refractivity contribution in [2.24, 2.45) is 0 Å². The van der Waals surface area contributed by atoms with Crippen LogP contribution < -0.4 is 0 Å². The summed E-state index contributed by atoms with van der Waals surface area (Å²) in [6, 6.07) is -1.88. The van der Waals surface area contributed by atoms with E-state index < -0.39 is 43.8 Å². The van der Waals surface area contributed by atoms with Crippen molar-refractivity contribution in [2.45, 2.75) is 18.1 Å². The van der Waals surface area contributed by atoms with Crippen molar-refractivity contribution >= 4 is 25.7 Å². The van der Waals surface area contributed by atoms with Crippen LogP contribution in [0.25, 0.3) is 0 Å². The van der Waals surface area contributed by atoms with Gasteiger partial charge in [0.15, 0.2) is 6.04 Å². The Kier molecular flexibility index (Phi) is 3.66. The maximum absolute atomic E-state index is 12.1. The molecule has 2 aliphatic rings. The summed E-state index contributed by atoms with van der Waals surface area (Å²) in [6.45, 7) is 0. The van der Waals surface area contributed by atoms with Gasteiger partial charge in [0.25, 0.3) is 0 Å². The standard InChI is InChI=1S/C9H7N2O11P/c12-5-3-9(15)6(11-2-1-10-4-11)7(13)18-21-23(16,20-17-5)22-19-8(9)14/h1-2,4,6,15H,3H2. The van der Waals surface area contributed by atoms with E-state index in [0.29, 0.717) is 0 Å². The highest BCUT2D eigenvalue weighted by molar-refractivity contribution is 7.48. The van der Waals surface area contributed by atoms with Crippen molar-refractivity contribution in [2.75, 3.05) is 0 Å². The quantitative estimate of drug-likeness (QED) is 0.491. The van der Waals surface area contributed by atoms with Crippen molar-refractivity contribution in [1.82, 2.24) is 9.55 Å². The summed E-state index contributed by atoms with van der Waals surface area (Å²) >= 11 is 0. The normalized spacial score (nSPS) is 35.0. The Bertz CT molecular complexity index is 702. The molecule has 0 amide bonds. The zero-order chi connectivity index (χ0) is 16.7. The number of imidazole rings is 1. The first-order valence-electron chi connectivity index (χ1n) is 5.84. The van der Waals surface area contributed by atoms with E-state index in [1.807, 2.05) is 0 Å². The molecule has 13 nitrogen and oxygen atoms in total. The fourth-order valence-electron chi connectivity index (χ4n) is 1.92. The Balaban J connectivity index is 2.15. The molecular formula is C9H7N2O11P. The van der Waals surface area contributed by atoms with Gasteiger partial charge in [0.1, 0.15) is 0 Å². The van der Waals surface area contributed by atoms with Gasteiger partial charge in [0, 0.05) is 12.4 Å². The monoisotopic (exact) mass is 350 g/mol. The van der Waals surface area contributed by atoms with Crippen LogP contribution in [0.1, 0.15) is 12.5 Å². The third kappa shape index (κ3) is 2.71. The van der Waals surface area contributed by atoms with Gasteiger partial charge in [-0.2, -0.15) is 0 Å². The van der Waals surface area contributed by atoms with Gasteiger partial charge < -0.3 is 9.67 Å². The van der Waals surface area contributed by atoms with E-state index in [-0.39, 0.29) is 0 Å². The first kappa shape index (κ1) is 15.6. The van der Waals surface area contributed by atoms with Crippen LogP contribution in [0.5, 0.6) is 0 Å². The van der Waals surface area contributed by atoms with Gasteiger partial charge in [-0.15, -0.1) is 0 Å². The number of fused-ring (bicyclic) bond motifs is 4. The summed E-state index contributed by atoms with van der Waals surface area (Å²) in [6.07, 6.45) is 2.36. The number of carbonyl (C=O) groups is 3. The van der Waals surface area contributed by atoms with Crippen LogP contribution >= 0.6 is 7.82 Å². The van der Waals surface area contributed by atoms with E-state index in [1.165, 1.54) is 12.4 Å². The molecule has 0 aromatic carbocycles. The molecule has 1 N–H and O–H groups in total. The first-order valence-corrected chi connectivity index (χ1v) is 7.30. The summed E-state index contributed by atoms with van der Waals surface area (Å²) < 4.78 is 25.0. The maximum Gasteiger partial charge on any atom is 0.584 e. The Morgan fingerprint density at radius 1 is 1.22 bits per heavy atom. The Morgan fingerprint density at radius 3 is 2.61 bits per heavy atom. The molecule has 23 heavy (non-hydrogen) atoms. The minimum absolute atomic E-state index is 0.943. The highest BCUT2D eigenvalue weighted by Gasteiger charge is 2.58. The van der Waals surface area contributed by atoms with Crippen molar-refractivity contribution in [3.05, 3.63) is 18.7 Å². The third-order valence-electron chi connectivity index (χ3n) is 2.90. The van der Waals surface area contributed by atoms with Crippen LogP contribution in [0.15, 0.2) is 18.7 Å². The van der Waals surface area contributed by atoms with Crippen LogP contribution in [0, 0.1) is 0 Å². The molecule has 124 valence electrons. The SMILES string of the molecule is O=C1CC2(O)C(=O)OOP(=O)(OO1)OOC(=O)C2n1ccnc1. The molecule has 3 unspecified atom stereocenters. The lowest BCUT2D eigenvalue weighted by Gasteiger charge is -2.29. The third-order valence-corrected chi connectivity index (χ3v) is 3.67. The van der Waals surface area contributed by atoms with Crippen molar-refractivity contribution in [3.63, 3.8) is 0 Å². The molecule has 3 heterocycles. The van der Waals surface area contributed by atoms with Crippen LogP contribution in [-0.4, -0.2) is 38.2 Å². The predicted octanol–water partition coefficient (Wildman–Crippen LogP) is -0.895. The number of aliphatic hydroxyl groups is 1. The average Bonchev–Trinajstić information content (AvgIpc) is 3.02. The molecule has 2 aliphatic heterocycles. The topological polar surface area (TPSA) is 162 Å². The van der Waals surface area contributed by atoms with Crippen LogP contribution in [0.2, 0.25) is 0 Å². The second-order valence-corrected chi connectivity index (χ2v) is 5.75. The van der Waals surface area contributed by atoms with Gasteiger partial charge in [0.05, 0.1) is 12.7 Å². The second kappa shape index (κ2) is 5.40. The van der Waals surface area contributed by atoms with Gasteiger partial charge in [-0.25, -0.2) is 23.9 Å². The minimum Gasteiger partial charge on any atom is -0.375 e. The molecule has 2 bridgehead atoms. The zero-order valence-corrected chi connectivity index (χ0v) is 11.8. The number of aromatic nitrogens is 2. The van der Waals surface area contributed by atoms with Gasteiger partial charge in [0.2, 0.25) is 5.60 Å². The lowest BCUT2D eigenvalue weighted by atomic mass is 9.90. The average molecular weight is 350 g/mol. The molecular weight excluding hydrogens is 343 g/mol. The van der Waals surface area contributed by atoms with E-state index in [9.17, 15) is 24.1 Å². The number of hydrogen-bond acceptors (Lipinski definition) is 12. The summed E-state index contributed by atoms with van der Waals surface area (Å²) in [5.41, 5.74) is -2.85. The highest BCUT2D eigenvalue weighted by atomic mass is 31.2. The fraction of sp³-hybridized carbons (Fsp3) is 0.333. The summed E-state index contributed by atoms with van der Waals surface area (Å²) in [5, 5.41) is 10.6. The molecule has 2 fully saturated rings. The zero-order valence-electron chi connectivity index (χ0n) is 10.9. The van der Waals surface area contributed by atoms with Crippen LogP contribution in [0.4, 0.5) is 0 Å². The molecule has 14 heteroatoms. The number of nitrogens with zero attached hydrogens (tertiary/aromatic N) is 2. The van der Waals surface area contributed by atoms with Gasteiger partial charge in [-0.05, 0) is 0 Å². The van der Waals surface area contributed by atoms with Crippen LogP contribution in [-0.2, 0) is 47.6 Å². The van der Waals surface area contributed by atoms with Gasteiger partial charge >= 0.3 is 25.7 Å². The Morgan fingerprint density at radius 2 is 1.91 bits per heavy atom. The number of hydrogen-bond donors (Lipinski definition) is 1.